The Morgan fingerprint density at radius 3 is 2.37 bits per heavy atom. The molecule has 0 radical (unpaired) electrons. The van der Waals surface area contributed by atoms with E-state index < -0.39 is 0 Å². The van der Waals surface area contributed by atoms with E-state index in [-0.39, 0.29) is 6.04 Å². The first kappa shape index (κ1) is 14.1. The first-order valence-electron chi connectivity index (χ1n) is 6.54. The fraction of sp³-hybridized carbons (Fsp3) is 0.294. The minimum absolute atomic E-state index is 0.205. The van der Waals surface area contributed by atoms with Crippen LogP contribution in [0.4, 0.5) is 0 Å². The Labute approximate surface area is 120 Å². The minimum atomic E-state index is 0.205. The average Bonchev–Trinajstić information content (AvgIpc) is 2.39. The summed E-state index contributed by atoms with van der Waals surface area (Å²) < 4.78 is 0. The molecule has 0 spiro atoms. The molecule has 0 aliphatic rings. The molecule has 100 valence electrons. The number of hydrogen-bond acceptors (Lipinski definition) is 1. The molecule has 0 aromatic heterocycles. The molecule has 0 aliphatic carbocycles. The van der Waals surface area contributed by atoms with Gasteiger partial charge in [0.1, 0.15) is 0 Å². The summed E-state index contributed by atoms with van der Waals surface area (Å²) in [5.74, 6) is 0. The summed E-state index contributed by atoms with van der Waals surface area (Å²) in [5.41, 5.74) is 6.35. The molecule has 19 heavy (non-hydrogen) atoms. The summed E-state index contributed by atoms with van der Waals surface area (Å²) in [6.07, 6.45) is 0. The Balaban J connectivity index is 2.50. The van der Waals surface area contributed by atoms with E-state index in [1.54, 1.807) is 0 Å². The van der Waals surface area contributed by atoms with E-state index >= 15 is 0 Å². The van der Waals surface area contributed by atoms with Crippen LogP contribution in [0.2, 0.25) is 5.02 Å². The van der Waals surface area contributed by atoms with Crippen LogP contribution in [-0.2, 0) is 0 Å². The maximum Gasteiger partial charge on any atom is 0.0577 e. The van der Waals surface area contributed by atoms with Crippen molar-refractivity contribution in [2.45, 2.75) is 26.8 Å². The fourth-order valence-corrected chi connectivity index (χ4v) is 2.55. The molecule has 0 bridgehead atoms. The Morgan fingerprint density at radius 1 is 1.00 bits per heavy atom. The number of aryl methyl sites for hydroxylation is 2. The third-order valence-electron chi connectivity index (χ3n) is 3.76. The van der Waals surface area contributed by atoms with Crippen molar-refractivity contribution in [1.29, 1.82) is 0 Å². The molecule has 0 heterocycles. The zero-order chi connectivity index (χ0) is 14.0. The van der Waals surface area contributed by atoms with E-state index in [1.807, 2.05) is 20.0 Å². The highest BCUT2D eigenvalue weighted by Gasteiger charge is 2.15. The zero-order valence-electron chi connectivity index (χ0n) is 11.9. The Bertz CT molecular complexity index is 590. The third-order valence-corrected chi connectivity index (χ3v) is 4.19. The second kappa shape index (κ2) is 5.77. The molecule has 1 nitrogen and oxygen atoms in total. The lowest BCUT2D eigenvalue weighted by atomic mass is 9.92. The fourth-order valence-electron chi connectivity index (χ4n) is 2.44. The second-order valence-corrected chi connectivity index (χ2v) is 5.43. The number of hydrogen-bond donors (Lipinski definition) is 1. The molecule has 2 aromatic carbocycles. The van der Waals surface area contributed by atoms with Crippen LogP contribution in [0.5, 0.6) is 0 Å². The van der Waals surface area contributed by atoms with Crippen molar-refractivity contribution in [2.75, 3.05) is 7.05 Å². The van der Waals surface area contributed by atoms with Gasteiger partial charge in [-0.25, -0.2) is 0 Å². The van der Waals surface area contributed by atoms with Crippen molar-refractivity contribution in [3.8, 4) is 0 Å². The molecule has 1 unspecified atom stereocenters. The van der Waals surface area contributed by atoms with Crippen molar-refractivity contribution in [2.24, 2.45) is 0 Å². The summed E-state index contributed by atoms with van der Waals surface area (Å²) >= 11 is 6.11. The van der Waals surface area contributed by atoms with E-state index in [0.717, 1.165) is 10.6 Å². The molecular weight excluding hydrogens is 254 g/mol. The van der Waals surface area contributed by atoms with Crippen molar-refractivity contribution >= 4 is 11.6 Å². The quantitative estimate of drug-likeness (QED) is 0.863. The van der Waals surface area contributed by atoms with Crippen molar-refractivity contribution in [1.82, 2.24) is 5.32 Å². The van der Waals surface area contributed by atoms with E-state index in [1.165, 1.54) is 22.3 Å². The lowest BCUT2D eigenvalue weighted by Gasteiger charge is -2.21. The highest BCUT2D eigenvalue weighted by molar-refractivity contribution is 6.31. The normalized spacial score (nSPS) is 12.5. The third kappa shape index (κ3) is 2.83. The molecule has 0 saturated carbocycles. The first-order valence-corrected chi connectivity index (χ1v) is 6.92. The van der Waals surface area contributed by atoms with Crippen LogP contribution in [0.1, 0.15) is 33.9 Å². The van der Waals surface area contributed by atoms with Crippen molar-refractivity contribution < 1.29 is 0 Å². The van der Waals surface area contributed by atoms with Gasteiger partial charge in [-0.1, -0.05) is 41.9 Å². The molecule has 0 amide bonds. The number of nitrogens with one attached hydrogen (secondary N) is 1. The summed E-state index contributed by atoms with van der Waals surface area (Å²) in [6.45, 7) is 6.37. The number of rotatable bonds is 3. The van der Waals surface area contributed by atoms with Crippen LogP contribution in [0.3, 0.4) is 0 Å². The van der Waals surface area contributed by atoms with Crippen LogP contribution >= 0.6 is 11.6 Å². The Hall–Kier alpha value is -1.31. The van der Waals surface area contributed by atoms with Crippen molar-refractivity contribution in [3.05, 3.63) is 69.2 Å². The van der Waals surface area contributed by atoms with Crippen LogP contribution in [0.15, 0.2) is 36.4 Å². The average molecular weight is 274 g/mol. The van der Waals surface area contributed by atoms with Gasteiger partial charge in [-0.15, -0.1) is 0 Å². The van der Waals surface area contributed by atoms with Gasteiger partial charge < -0.3 is 5.32 Å². The highest BCUT2D eigenvalue weighted by atomic mass is 35.5. The molecule has 0 aliphatic heterocycles. The Kier molecular flexibility index (Phi) is 4.28. The standard InChI is InChI=1S/C17H20ClN/c1-11-6-5-7-15(13(11)3)17(19-4)14-8-9-16(18)12(2)10-14/h5-10,17,19H,1-4H3. The van der Waals surface area contributed by atoms with Gasteiger partial charge in [-0.05, 0) is 61.7 Å². The molecule has 0 fully saturated rings. The lowest BCUT2D eigenvalue weighted by molar-refractivity contribution is 0.686. The van der Waals surface area contributed by atoms with Crippen LogP contribution in [0, 0.1) is 20.8 Å². The Morgan fingerprint density at radius 2 is 1.74 bits per heavy atom. The van der Waals surface area contributed by atoms with Crippen LogP contribution in [-0.4, -0.2) is 7.05 Å². The van der Waals surface area contributed by atoms with Crippen LogP contribution in [0.25, 0.3) is 0 Å². The van der Waals surface area contributed by atoms with E-state index in [0.29, 0.717) is 0 Å². The maximum atomic E-state index is 6.11. The molecule has 1 N–H and O–H groups in total. The van der Waals surface area contributed by atoms with Gasteiger partial charge in [-0.2, -0.15) is 0 Å². The summed E-state index contributed by atoms with van der Waals surface area (Å²) in [6, 6.07) is 12.9. The monoisotopic (exact) mass is 273 g/mol. The molecule has 2 rings (SSSR count). The summed E-state index contributed by atoms with van der Waals surface area (Å²) in [4.78, 5) is 0. The molecule has 1 atom stereocenters. The lowest BCUT2D eigenvalue weighted by Crippen LogP contribution is -2.19. The predicted molar refractivity (Wildman–Crippen MR) is 83.0 cm³/mol. The maximum absolute atomic E-state index is 6.11. The van der Waals surface area contributed by atoms with Gasteiger partial charge >= 0.3 is 0 Å². The topological polar surface area (TPSA) is 12.0 Å². The van der Waals surface area contributed by atoms with Crippen molar-refractivity contribution in [3.63, 3.8) is 0 Å². The second-order valence-electron chi connectivity index (χ2n) is 5.02. The van der Waals surface area contributed by atoms with E-state index in [2.05, 4.69) is 49.5 Å². The zero-order valence-corrected chi connectivity index (χ0v) is 12.7. The smallest absolute Gasteiger partial charge is 0.0577 e. The van der Waals surface area contributed by atoms with Gasteiger partial charge in [0, 0.05) is 5.02 Å². The molecular formula is C17H20ClN. The number of benzene rings is 2. The largest absolute Gasteiger partial charge is 0.309 e. The summed E-state index contributed by atoms with van der Waals surface area (Å²) in [5, 5.41) is 4.23. The minimum Gasteiger partial charge on any atom is -0.309 e. The van der Waals surface area contributed by atoms with Gasteiger partial charge in [0.05, 0.1) is 6.04 Å². The first-order chi connectivity index (χ1) is 9.04. The van der Waals surface area contributed by atoms with Gasteiger partial charge in [0.25, 0.3) is 0 Å². The molecule has 2 heteroatoms. The molecule has 2 aromatic rings. The van der Waals surface area contributed by atoms with E-state index in [4.69, 9.17) is 11.6 Å². The SMILES string of the molecule is CNC(c1ccc(Cl)c(C)c1)c1cccc(C)c1C. The van der Waals surface area contributed by atoms with Gasteiger partial charge in [-0.3, -0.25) is 0 Å². The van der Waals surface area contributed by atoms with E-state index in [9.17, 15) is 0 Å². The van der Waals surface area contributed by atoms with Gasteiger partial charge in [0.2, 0.25) is 0 Å². The van der Waals surface area contributed by atoms with Crippen LogP contribution < -0.4 is 5.32 Å². The predicted octanol–water partition coefficient (Wildman–Crippen LogP) is 4.57. The van der Waals surface area contributed by atoms with Gasteiger partial charge in [0.15, 0.2) is 0 Å². The summed E-state index contributed by atoms with van der Waals surface area (Å²) in [7, 11) is 2.00. The molecule has 0 saturated heterocycles. The highest BCUT2D eigenvalue weighted by Crippen LogP contribution is 2.28. The number of halogens is 1.